The number of imidazole rings is 1. The fourth-order valence-electron chi connectivity index (χ4n) is 4.37. The lowest BCUT2D eigenvalue weighted by atomic mass is 9.93. The molecule has 8 nitrogen and oxygen atoms in total. The van der Waals surface area contributed by atoms with Gasteiger partial charge in [-0.05, 0) is 31.7 Å². The molecule has 3 aromatic heterocycles. The zero-order valence-electron chi connectivity index (χ0n) is 17.3. The van der Waals surface area contributed by atoms with Crippen LogP contribution < -0.4 is 15.0 Å². The molecule has 0 spiro atoms. The minimum Gasteiger partial charge on any atom is -0.474 e. The van der Waals surface area contributed by atoms with E-state index in [1.807, 2.05) is 25.8 Å². The van der Waals surface area contributed by atoms with Gasteiger partial charge >= 0.3 is 0 Å². The number of hydrogen-bond acceptors (Lipinski definition) is 7. The second-order valence-corrected chi connectivity index (χ2v) is 7.98. The smallest absolute Gasteiger partial charge is 0.225 e. The monoisotopic (exact) mass is 408 g/mol. The molecule has 4 heterocycles. The van der Waals surface area contributed by atoms with E-state index in [0.29, 0.717) is 11.9 Å². The van der Waals surface area contributed by atoms with Gasteiger partial charge in [-0.15, -0.1) is 0 Å². The molecule has 1 aliphatic heterocycles. The van der Waals surface area contributed by atoms with Gasteiger partial charge in [0, 0.05) is 44.6 Å². The molecule has 1 aliphatic carbocycles. The topological polar surface area (TPSA) is 77.3 Å². The van der Waals surface area contributed by atoms with Crippen molar-refractivity contribution in [2.75, 3.05) is 43.6 Å². The van der Waals surface area contributed by atoms with Crippen molar-refractivity contribution in [3.05, 3.63) is 37.1 Å². The molecule has 2 fully saturated rings. The van der Waals surface area contributed by atoms with Crippen LogP contribution in [0.5, 0.6) is 5.88 Å². The SMILES string of the molecule is CNc1cnc2cc(N3CCOCC3)nc(OC3CCC(n4ccnc4)CC3)c2c1. The fourth-order valence-corrected chi connectivity index (χ4v) is 4.37. The molecule has 1 N–H and O–H groups in total. The molecule has 30 heavy (non-hydrogen) atoms. The van der Waals surface area contributed by atoms with Crippen LogP contribution in [0.1, 0.15) is 31.7 Å². The number of morpholine rings is 1. The first-order valence-electron chi connectivity index (χ1n) is 10.8. The van der Waals surface area contributed by atoms with Crippen LogP contribution in [0.15, 0.2) is 37.1 Å². The Morgan fingerprint density at radius 1 is 1.13 bits per heavy atom. The Kier molecular flexibility index (Phi) is 5.40. The molecule has 3 aromatic rings. The second-order valence-electron chi connectivity index (χ2n) is 7.98. The van der Waals surface area contributed by atoms with E-state index in [2.05, 4.69) is 43.1 Å². The van der Waals surface area contributed by atoms with Gasteiger partial charge < -0.3 is 24.3 Å². The van der Waals surface area contributed by atoms with Crippen molar-refractivity contribution in [1.82, 2.24) is 19.5 Å². The summed E-state index contributed by atoms with van der Waals surface area (Å²) >= 11 is 0. The molecule has 8 heteroatoms. The highest BCUT2D eigenvalue weighted by Gasteiger charge is 2.25. The Labute approximate surface area is 176 Å². The third-order valence-electron chi connectivity index (χ3n) is 6.12. The van der Waals surface area contributed by atoms with Crippen molar-refractivity contribution >= 4 is 22.4 Å². The Morgan fingerprint density at radius 3 is 2.70 bits per heavy atom. The molecule has 1 saturated heterocycles. The second kappa shape index (κ2) is 8.47. The molecule has 0 bridgehead atoms. The van der Waals surface area contributed by atoms with Gasteiger partial charge in [0.2, 0.25) is 5.88 Å². The molecule has 1 saturated carbocycles. The number of nitrogens with one attached hydrogen (secondary N) is 1. The Bertz CT molecular complexity index is 979. The molecule has 0 aromatic carbocycles. The van der Waals surface area contributed by atoms with E-state index in [1.165, 1.54) is 0 Å². The van der Waals surface area contributed by atoms with E-state index in [9.17, 15) is 0 Å². The number of ether oxygens (including phenoxy) is 2. The summed E-state index contributed by atoms with van der Waals surface area (Å²) in [6.07, 6.45) is 12.0. The molecule has 5 rings (SSSR count). The van der Waals surface area contributed by atoms with Gasteiger partial charge in [-0.1, -0.05) is 0 Å². The maximum atomic E-state index is 6.50. The van der Waals surface area contributed by atoms with Gasteiger partial charge in [-0.3, -0.25) is 4.98 Å². The number of anilines is 2. The normalized spacial score (nSPS) is 22.2. The van der Waals surface area contributed by atoms with Crippen LogP contribution in [0.4, 0.5) is 11.5 Å². The van der Waals surface area contributed by atoms with Crippen LogP contribution in [0.25, 0.3) is 10.9 Å². The van der Waals surface area contributed by atoms with Crippen LogP contribution in [0.3, 0.4) is 0 Å². The van der Waals surface area contributed by atoms with Crippen molar-refractivity contribution in [3.8, 4) is 5.88 Å². The Balaban J connectivity index is 1.40. The van der Waals surface area contributed by atoms with Crippen molar-refractivity contribution < 1.29 is 9.47 Å². The average Bonchev–Trinajstić information content (AvgIpc) is 3.35. The van der Waals surface area contributed by atoms with E-state index < -0.39 is 0 Å². The van der Waals surface area contributed by atoms with E-state index >= 15 is 0 Å². The van der Waals surface area contributed by atoms with Gasteiger partial charge in [0.1, 0.15) is 11.9 Å². The lowest BCUT2D eigenvalue weighted by Gasteiger charge is -2.31. The summed E-state index contributed by atoms with van der Waals surface area (Å²) in [6.45, 7) is 3.12. The average molecular weight is 409 g/mol. The lowest BCUT2D eigenvalue weighted by molar-refractivity contribution is 0.121. The Morgan fingerprint density at radius 2 is 1.97 bits per heavy atom. The summed E-state index contributed by atoms with van der Waals surface area (Å²) in [5.74, 6) is 1.60. The van der Waals surface area contributed by atoms with Crippen LogP contribution in [0.2, 0.25) is 0 Å². The summed E-state index contributed by atoms with van der Waals surface area (Å²) in [7, 11) is 1.90. The van der Waals surface area contributed by atoms with Crippen molar-refractivity contribution in [2.24, 2.45) is 0 Å². The first-order valence-corrected chi connectivity index (χ1v) is 10.8. The maximum absolute atomic E-state index is 6.50. The molecule has 0 atom stereocenters. The molecule has 0 amide bonds. The summed E-state index contributed by atoms with van der Waals surface area (Å²) < 4.78 is 14.2. The van der Waals surface area contributed by atoms with Crippen LogP contribution >= 0.6 is 0 Å². The van der Waals surface area contributed by atoms with Gasteiger partial charge in [0.15, 0.2) is 0 Å². The zero-order valence-corrected chi connectivity index (χ0v) is 17.3. The van der Waals surface area contributed by atoms with E-state index in [4.69, 9.17) is 14.5 Å². The third-order valence-corrected chi connectivity index (χ3v) is 6.12. The van der Waals surface area contributed by atoms with Crippen LogP contribution in [-0.2, 0) is 4.74 Å². The van der Waals surface area contributed by atoms with Crippen molar-refractivity contribution in [1.29, 1.82) is 0 Å². The quantitative estimate of drug-likeness (QED) is 0.694. The highest BCUT2D eigenvalue weighted by molar-refractivity contribution is 5.88. The number of pyridine rings is 2. The fraction of sp³-hybridized carbons (Fsp3) is 0.500. The van der Waals surface area contributed by atoms with Gasteiger partial charge in [0.25, 0.3) is 0 Å². The molecule has 158 valence electrons. The van der Waals surface area contributed by atoms with Crippen LogP contribution in [-0.4, -0.2) is 59.0 Å². The standard InChI is InChI=1S/C22H28N6O2/c1-23-16-12-19-20(25-14-16)13-21(27-8-10-29-11-9-27)26-22(19)30-18-4-2-17(3-5-18)28-7-6-24-15-28/h6-7,12-15,17-18,23H,2-5,8-11H2,1H3. The first-order chi connectivity index (χ1) is 14.8. The first kappa shape index (κ1) is 19.1. The van der Waals surface area contributed by atoms with Gasteiger partial charge in [-0.2, -0.15) is 4.98 Å². The van der Waals surface area contributed by atoms with Crippen molar-refractivity contribution in [2.45, 2.75) is 37.8 Å². The number of aromatic nitrogens is 4. The molecule has 2 aliphatic rings. The summed E-state index contributed by atoms with van der Waals surface area (Å²) in [6, 6.07) is 4.64. The number of fused-ring (bicyclic) bond motifs is 1. The molecule has 0 radical (unpaired) electrons. The van der Waals surface area contributed by atoms with Crippen LogP contribution in [0, 0.1) is 0 Å². The molecular weight excluding hydrogens is 380 g/mol. The number of rotatable bonds is 5. The van der Waals surface area contributed by atoms with Gasteiger partial charge in [0.05, 0.1) is 42.3 Å². The highest BCUT2D eigenvalue weighted by atomic mass is 16.5. The lowest BCUT2D eigenvalue weighted by Crippen LogP contribution is -2.36. The predicted molar refractivity (Wildman–Crippen MR) is 116 cm³/mol. The molecular formula is C22H28N6O2. The number of nitrogens with zero attached hydrogens (tertiary/aromatic N) is 5. The maximum Gasteiger partial charge on any atom is 0.225 e. The minimum atomic E-state index is 0.165. The summed E-state index contributed by atoms with van der Waals surface area (Å²) in [4.78, 5) is 16.0. The molecule has 0 unspecified atom stereocenters. The largest absolute Gasteiger partial charge is 0.474 e. The Hall–Kier alpha value is -2.87. The predicted octanol–water partition coefficient (Wildman–Crippen LogP) is 3.27. The van der Waals surface area contributed by atoms with E-state index in [1.54, 1.807) is 0 Å². The summed E-state index contributed by atoms with van der Waals surface area (Å²) in [5, 5.41) is 4.12. The van der Waals surface area contributed by atoms with Crippen molar-refractivity contribution in [3.63, 3.8) is 0 Å². The van der Waals surface area contributed by atoms with E-state index in [0.717, 1.165) is 74.4 Å². The minimum absolute atomic E-state index is 0.165. The zero-order chi connectivity index (χ0) is 20.3. The third kappa shape index (κ3) is 3.92. The summed E-state index contributed by atoms with van der Waals surface area (Å²) in [5.41, 5.74) is 1.87. The number of hydrogen-bond donors (Lipinski definition) is 1. The highest BCUT2D eigenvalue weighted by Crippen LogP contribution is 2.34. The van der Waals surface area contributed by atoms with Gasteiger partial charge in [-0.25, -0.2) is 4.98 Å². The van der Waals surface area contributed by atoms with E-state index in [-0.39, 0.29) is 6.10 Å².